The number of hydrogen-bond acceptors (Lipinski definition) is 6. The average molecular weight is 315 g/mol. The topological polar surface area (TPSA) is 62.3 Å². The van der Waals surface area contributed by atoms with Gasteiger partial charge in [0.2, 0.25) is 5.95 Å². The van der Waals surface area contributed by atoms with E-state index < -0.39 is 0 Å². The van der Waals surface area contributed by atoms with E-state index in [1.165, 1.54) is 0 Å². The van der Waals surface area contributed by atoms with Gasteiger partial charge in [0.25, 0.3) is 0 Å². The van der Waals surface area contributed by atoms with Gasteiger partial charge in [-0.05, 0) is 46.1 Å². The second-order valence-electron chi connectivity index (χ2n) is 5.66. The van der Waals surface area contributed by atoms with Crippen molar-refractivity contribution < 1.29 is 4.74 Å². The molecule has 0 aliphatic heterocycles. The SMILES string of the molecule is COc1cccc(Nc2cc(C)nc(NCCCN(C)C)n2)c1. The molecule has 0 atom stereocenters. The van der Waals surface area contributed by atoms with Gasteiger partial charge in [-0.3, -0.25) is 0 Å². The van der Waals surface area contributed by atoms with E-state index in [9.17, 15) is 0 Å². The molecule has 0 aliphatic rings. The summed E-state index contributed by atoms with van der Waals surface area (Å²) in [7, 11) is 5.79. The maximum atomic E-state index is 5.24. The second kappa shape index (κ2) is 8.33. The predicted molar refractivity (Wildman–Crippen MR) is 94.7 cm³/mol. The van der Waals surface area contributed by atoms with Crippen molar-refractivity contribution in [3.8, 4) is 5.75 Å². The van der Waals surface area contributed by atoms with E-state index in [1.807, 2.05) is 37.3 Å². The highest BCUT2D eigenvalue weighted by Crippen LogP contribution is 2.21. The summed E-state index contributed by atoms with van der Waals surface area (Å²) in [6.07, 6.45) is 1.04. The van der Waals surface area contributed by atoms with Crippen LogP contribution in [0.2, 0.25) is 0 Å². The minimum atomic E-state index is 0.647. The molecular weight excluding hydrogens is 290 g/mol. The number of nitrogens with zero attached hydrogens (tertiary/aromatic N) is 3. The van der Waals surface area contributed by atoms with E-state index in [1.54, 1.807) is 7.11 Å². The number of aromatic nitrogens is 2. The predicted octanol–water partition coefficient (Wildman–Crippen LogP) is 2.90. The molecule has 23 heavy (non-hydrogen) atoms. The summed E-state index contributed by atoms with van der Waals surface area (Å²) in [5.74, 6) is 2.22. The van der Waals surface area contributed by atoms with Crippen LogP contribution in [0.25, 0.3) is 0 Å². The maximum absolute atomic E-state index is 5.24. The summed E-state index contributed by atoms with van der Waals surface area (Å²) < 4.78 is 5.24. The van der Waals surface area contributed by atoms with E-state index in [2.05, 4.69) is 39.6 Å². The molecule has 124 valence electrons. The van der Waals surface area contributed by atoms with Gasteiger partial charge in [0.1, 0.15) is 11.6 Å². The van der Waals surface area contributed by atoms with Crippen LogP contribution in [0, 0.1) is 6.92 Å². The molecule has 1 aromatic carbocycles. The fourth-order valence-corrected chi connectivity index (χ4v) is 2.16. The van der Waals surface area contributed by atoms with Crippen LogP contribution >= 0.6 is 0 Å². The van der Waals surface area contributed by atoms with Crippen molar-refractivity contribution in [1.29, 1.82) is 0 Å². The molecular formula is C17H25N5O. The van der Waals surface area contributed by atoms with Crippen LogP contribution in [0.1, 0.15) is 12.1 Å². The number of hydrogen-bond donors (Lipinski definition) is 2. The molecule has 1 heterocycles. The van der Waals surface area contributed by atoms with Crippen molar-refractivity contribution in [3.05, 3.63) is 36.0 Å². The van der Waals surface area contributed by atoms with Crippen LogP contribution in [-0.2, 0) is 0 Å². The number of nitrogens with one attached hydrogen (secondary N) is 2. The number of ether oxygens (including phenoxy) is 1. The van der Waals surface area contributed by atoms with Gasteiger partial charge in [-0.15, -0.1) is 0 Å². The molecule has 0 radical (unpaired) electrons. The third kappa shape index (κ3) is 5.75. The van der Waals surface area contributed by atoms with Gasteiger partial charge in [-0.2, -0.15) is 4.98 Å². The Balaban J connectivity index is 2.01. The number of methoxy groups -OCH3 is 1. The smallest absolute Gasteiger partial charge is 0.224 e. The molecule has 2 aromatic rings. The molecule has 2 N–H and O–H groups in total. The highest BCUT2D eigenvalue weighted by atomic mass is 16.5. The van der Waals surface area contributed by atoms with Gasteiger partial charge in [0, 0.05) is 30.1 Å². The van der Waals surface area contributed by atoms with Crippen molar-refractivity contribution in [2.24, 2.45) is 0 Å². The van der Waals surface area contributed by atoms with Crippen LogP contribution in [0.4, 0.5) is 17.5 Å². The van der Waals surface area contributed by atoms with Crippen LogP contribution in [0.3, 0.4) is 0 Å². The zero-order valence-electron chi connectivity index (χ0n) is 14.3. The largest absolute Gasteiger partial charge is 0.497 e. The summed E-state index contributed by atoms with van der Waals surface area (Å²) in [5.41, 5.74) is 1.85. The molecule has 2 rings (SSSR count). The van der Waals surface area contributed by atoms with Gasteiger partial charge in [0.05, 0.1) is 7.11 Å². The standard InChI is InChI=1S/C17H25N5O/c1-13-11-16(20-14-7-5-8-15(12-14)23-4)21-17(19-13)18-9-6-10-22(2)3/h5,7-8,11-12H,6,9-10H2,1-4H3,(H2,18,19,20,21). The lowest BCUT2D eigenvalue weighted by atomic mass is 10.3. The van der Waals surface area contributed by atoms with E-state index in [4.69, 9.17) is 4.74 Å². The van der Waals surface area contributed by atoms with Gasteiger partial charge >= 0.3 is 0 Å². The van der Waals surface area contributed by atoms with Gasteiger partial charge in [0.15, 0.2) is 0 Å². The zero-order chi connectivity index (χ0) is 16.7. The Morgan fingerprint density at radius 3 is 2.74 bits per heavy atom. The summed E-state index contributed by atoms with van der Waals surface area (Å²) >= 11 is 0. The molecule has 0 saturated heterocycles. The third-order valence-corrected chi connectivity index (χ3v) is 3.26. The number of benzene rings is 1. The molecule has 6 nitrogen and oxygen atoms in total. The second-order valence-corrected chi connectivity index (χ2v) is 5.66. The van der Waals surface area contributed by atoms with Crippen molar-refractivity contribution in [2.75, 3.05) is 44.9 Å². The fourth-order valence-electron chi connectivity index (χ4n) is 2.16. The Morgan fingerprint density at radius 1 is 1.17 bits per heavy atom. The number of anilines is 3. The average Bonchev–Trinajstić information content (AvgIpc) is 2.51. The first-order valence-electron chi connectivity index (χ1n) is 7.72. The monoisotopic (exact) mass is 315 g/mol. The lowest BCUT2D eigenvalue weighted by molar-refractivity contribution is 0.405. The van der Waals surface area contributed by atoms with Crippen molar-refractivity contribution in [1.82, 2.24) is 14.9 Å². The Kier molecular flexibility index (Phi) is 6.17. The normalized spacial score (nSPS) is 10.7. The summed E-state index contributed by atoms with van der Waals surface area (Å²) in [6, 6.07) is 9.68. The first-order valence-corrected chi connectivity index (χ1v) is 7.72. The lowest BCUT2D eigenvalue weighted by Crippen LogP contribution is -2.17. The van der Waals surface area contributed by atoms with E-state index in [0.29, 0.717) is 5.95 Å². The molecule has 0 amide bonds. The van der Waals surface area contributed by atoms with Gasteiger partial charge in [-0.1, -0.05) is 6.07 Å². The highest BCUT2D eigenvalue weighted by molar-refractivity contribution is 5.59. The minimum absolute atomic E-state index is 0.647. The summed E-state index contributed by atoms with van der Waals surface area (Å²) in [6.45, 7) is 3.84. The Morgan fingerprint density at radius 2 is 2.00 bits per heavy atom. The third-order valence-electron chi connectivity index (χ3n) is 3.26. The number of rotatable bonds is 8. The van der Waals surface area contributed by atoms with Crippen LogP contribution in [-0.4, -0.2) is 49.2 Å². The Bertz CT molecular complexity index is 630. The van der Waals surface area contributed by atoms with Gasteiger partial charge in [-0.25, -0.2) is 4.98 Å². The Hall–Kier alpha value is -2.34. The highest BCUT2D eigenvalue weighted by Gasteiger charge is 2.03. The van der Waals surface area contributed by atoms with Crippen molar-refractivity contribution in [3.63, 3.8) is 0 Å². The maximum Gasteiger partial charge on any atom is 0.224 e. The molecule has 0 fully saturated rings. The molecule has 0 aliphatic carbocycles. The molecule has 1 aromatic heterocycles. The quantitative estimate of drug-likeness (QED) is 0.730. The first kappa shape index (κ1) is 17.0. The van der Waals surface area contributed by atoms with Crippen LogP contribution in [0.15, 0.2) is 30.3 Å². The molecule has 0 spiro atoms. The van der Waals surface area contributed by atoms with Crippen molar-refractivity contribution in [2.45, 2.75) is 13.3 Å². The van der Waals surface area contributed by atoms with E-state index >= 15 is 0 Å². The molecule has 6 heteroatoms. The fraction of sp³-hybridized carbons (Fsp3) is 0.412. The summed E-state index contributed by atoms with van der Waals surface area (Å²) in [4.78, 5) is 11.1. The van der Waals surface area contributed by atoms with Crippen LogP contribution in [0.5, 0.6) is 5.75 Å². The zero-order valence-corrected chi connectivity index (χ0v) is 14.3. The molecule has 0 unspecified atom stereocenters. The van der Waals surface area contributed by atoms with E-state index in [0.717, 1.165) is 42.5 Å². The minimum Gasteiger partial charge on any atom is -0.497 e. The summed E-state index contributed by atoms with van der Waals surface area (Å²) in [5, 5.41) is 6.57. The van der Waals surface area contributed by atoms with Gasteiger partial charge < -0.3 is 20.3 Å². The Labute approximate surface area is 137 Å². The van der Waals surface area contributed by atoms with Crippen molar-refractivity contribution >= 4 is 17.5 Å². The first-order chi connectivity index (χ1) is 11.1. The molecule has 0 bridgehead atoms. The van der Waals surface area contributed by atoms with E-state index in [-0.39, 0.29) is 0 Å². The number of aryl methyl sites for hydroxylation is 1. The lowest BCUT2D eigenvalue weighted by Gasteiger charge is -2.12. The molecule has 0 saturated carbocycles. The van der Waals surface area contributed by atoms with Crippen LogP contribution < -0.4 is 15.4 Å².